The van der Waals surface area contributed by atoms with Crippen LogP contribution in [-0.4, -0.2) is 60.1 Å². The van der Waals surface area contributed by atoms with Crippen LogP contribution in [0.15, 0.2) is 18.2 Å². The van der Waals surface area contributed by atoms with Crippen LogP contribution in [0.4, 0.5) is 8.78 Å². The number of carbonyl (C=O) groups is 1. The maximum atomic E-state index is 13.8. The molecule has 4 aliphatic rings. The van der Waals surface area contributed by atoms with Crippen molar-refractivity contribution < 1.29 is 18.3 Å². The Bertz CT molecular complexity index is 696. The van der Waals surface area contributed by atoms with Crippen LogP contribution in [0.1, 0.15) is 38.2 Å². The van der Waals surface area contributed by atoms with Gasteiger partial charge in [-0.25, -0.2) is 8.78 Å². The maximum absolute atomic E-state index is 13.8. The molecule has 1 aromatic rings. The van der Waals surface area contributed by atoms with Gasteiger partial charge in [0.2, 0.25) is 0 Å². The van der Waals surface area contributed by atoms with E-state index in [-0.39, 0.29) is 23.9 Å². The summed E-state index contributed by atoms with van der Waals surface area (Å²) in [7, 11) is 1.54. The highest BCUT2D eigenvalue weighted by Crippen LogP contribution is 2.47. The molecule has 6 heteroatoms. The molecular weight excluding hydrogens is 338 g/mol. The lowest BCUT2D eigenvalue weighted by atomic mass is 9.75. The number of hydrogen-bond acceptors (Lipinski definition) is 3. The van der Waals surface area contributed by atoms with Gasteiger partial charge >= 0.3 is 0 Å². The number of halogens is 2. The molecular formula is C20H26F2N2O2. The minimum absolute atomic E-state index is 0.0388. The zero-order valence-corrected chi connectivity index (χ0v) is 15.5. The SMILES string of the molecule is COC(C)(C)C(=O)N1C[C@@H](c2cc(F)cc(F)c2)[C@@H]2[C@H]1C1CCN2CC1. The van der Waals surface area contributed by atoms with Gasteiger partial charge in [-0.05, 0) is 63.4 Å². The van der Waals surface area contributed by atoms with Crippen LogP contribution in [0.2, 0.25) is 0 Å². The molecule has 0 aromatic heterocycles. The second-order valence-electron chi connectivity index (χ2n) is 8.34. The van der Waals surface area contributed by atoms with Crippen LogP contribution in [-0.2, 0) is 9.53 Å². The minimum atomic E-state index is -0.904. The fourth-order valence-electron chi connectivity index (χ4n) is 5.17. The smallest absolute Gasteiger partial charge is 0.254 e. The van der Waals surface area contributed by atoms with Crippen LogP contribution in [0, 0.1) is 17.6 Å². The number of hydrogen-bond donors (Lipinski definition) is 0. The second-order valence-corrected chi connectivity index (χ2v) is 8.34. The molecule has 3 atom stereocenters. The van der Waals surface area contributed by atoms with Crippen molar-refractivity contribution >= 4 is 5.91 Å². The monoisotopic (exact) mass is 364 g/mol. The molecule has 1 aromatic carbocycles. The summed E-state index contributed by atoms with van der Waals surface area (Å²) in [5, 5.41) is 0. The Morgan fingerprint density at radius 2 is 1.73 bits per heavy atom. The Kier molecular flexibility index (Phi) is 4.31. The Balaban J connectivity index is 1.73. The summed E-state index contributed by atoms with van der Waals surface area (Å²) in [5.41, 5.74) is -0.255. The number of ether oxygens (including phenoxy) is 1. The van der Waals surface area contributed by atoms with Gasteiger partial charge in [0.1, 0.15) is 17.2 Å². The van der Waals surface area contributed by atoms with Gasteiger partial charge in [0.05, 0.1) is 6.04 Å². The molecule has 0 N–H and O–H groups in total. The summed E-state index contributed by atoms with van der Waals surface area (Å²) >= 11 is 0. The Hall–Kier alpha value is -1.53. The molecule has 142 valence electrons. The largest absolute Gasteiger partial charge is 0.369 e. The van der Waals surface area contributed by atoms with Crippen molar-refractivity contribution in [2.75, 3.05) is 26.7 Å². The van der Waals surface area contributed by atoms with E-state index in [1.165, 1.54) is 12.1 Å². The predicted molar refractivity (Wildman–Crippen MR) is 93.8 cm³/mol. The van der Waals surface area contributed by atoms with Gasteiger partial charge < -0.3 is 9.64 Å². The molecule has 0 radical (unpaired) electrons. The number of fused-ring (bicyclic) bond motifs is 2. The molecule has 0 saturated carbocycles. The summed E-state index contributed by atoms with van der Waals surface area (Å²) in [6.07, 6.45) is 2.14. The summed E-state index contributed by atoms with van der Waals surface area (Å²) in [6.45, 7) is 6.03. The van der Waals surface area contributed by atoms with Crippen LogP contribution >= 0.6 is 0 Å². The van der Waals surface area contributed by atoms with Gasteiger partial charge in [0, 0.05) is 31.7 Å². The highest BCUT2D eigenvalue weighted by Gasteiger charge is 2.56. The van der Waals surface area contributed by atoms with Gasteiger partial charge in [-0.15, -0.1) is 0 Å². The number of rotatable bonds is 3. The van der Waals surface area contributed by atoms with E-state index in [0.717, 1.165) is 32.0 Å². The predicted octanol–water partition coefficient (Wildman–Crippen LogP) is 2.78. The normalized spacial score (nSPS) is 33.4. The maximum Gasteiger partial charge on any atom is 0.254 e. The van der Waals surface area contributed by atoms with Crippen LogP contribution in [0.5, 0.6) is 0 Å². The van der Waals surface area contributed by atoms with E-state index in [0.29, 0.717) is 18.0 Å². The van der Waals surface area contributed by atoms with Crippen LogP contribution in [0.25, 0.3) is 0 Å². The van der Waals surface area contributed by atoms with Gasteiger partial charge in [0.25, 0.3) is 5.91 Å². The van der Waals surface area contributed by atoms with Gasteiger partial charge in [0.15, 0.2) is 0 Å². The van der Waals surface area contributed by atoms with Crippen molar-refractivity contribution in [2.45, 2.75) is 50.3 Å². The highest BCUT2D eigenvalue weighted by atomic mass is 19.1. The lowest BCUT2D eigenvalue weighted by Gasteiger charge is -2.51. The number of benzene rings is 1. The molecule has 4 aliphatic heterocycles. The minimum Gasteiger partial charge on any atom is -0.369 e. The Labute approximate surface area is 153 Å². The topological polar surface area (TPSA) is 32.8 Å². The Morgan fingerprint density at radius 3 is 2.31 bits per heavy atom. The van der Waals surface area contributed by atoms with E-state index in [2.05, 4.69) is 4.90 Å². The molecule has 5 rings (SSSR count). The highest BCUT2D eigenvalue weighted by molar-refractivity contribution is 5.85. The van der Waals surface area contributed by atoms with Crippen molar-refractivity contribution in [1.29, 1.82) is 0 Å². The molecule has 0 unspecified atom stereocenters. The fraction of sp³-hybridized carbons (Fsp3) is 0.650. The lowest BCUT2D eigenvalue weighted by molar-refractivity contribution is -0.155. The standard InChI is InChI=1S/C20H26F2N2O2/c1-20(2,26-3)19(25)24-11-16(13-8-14(21)10-15(22)9-13)18-17(24)12-4-6-23(18)7-5-12/h8-10,12,16-18H,4-7,11H2,1-3H3/t16-,17+,18+/m0/s1. The average molecular weight is 364 g/mol. The third-order valence-corrected chi connectivity index (χ3v) is 6.59. The molecule has 0 aliphatic carbocycles. The molecule has 26 heavy (non-hydrogen) atoms. The van der Waals surface area contributed by atoms with Crippen molar-refractivity contribution in [1.82, 2.24) is 9.80 Å². The third-order valence-electron chi connectivity index (χ3n) is 6.59. The van der Waals surface area contributed by atoms with E-state index in [4.69, 9.17) is 4.74 Å². The quantitative estimate of drug-likeness (QED) is 0.827. The number of nitrogens with zero attached hydrogens (tertiary/aromatic N) is 2. The summed E-state index contributed by atoms with van der Waals surface area (Å²) in [4.78, 5) is 17.5. The van der Waals surface area contributed by atoms with E-state index >= 15 is 0 Å². The first-order chi connectivity index (χ1) is 12.3. The first-order valence-corrected chi connectivity index (χ1v) is 9.38. The molecule has 2 bridgehead atoms. The van der Waals surface area contributed by atoms with E-state index in [9.17, 15) is 13.6 Å². The van der Waals surface area contributed by atoms with Crippen molar-refractivity contribution in [3.63, 3.8) is 0 Å². The van der Waals surface area contributed by atoms with Crippen molar-refractivity contribution in [3.05, 3.63) is 35.4 Å². The van der Waals surface area contributed by atoms with E-state index in [1.54, 1.807) is 21.0 Å². The van der Waals surface area contributed by atoms with E-state index < -0.39 is 17.2 Å². The Morgan fingerprint density at radius 1 is 1.12 bits per heavy atom. The fourth-order valence-corrected chi connectivity index (χ4v) is 5.17. The second kappa shape index (κ2) is 6.27. The van der Waals surface area contributed by atoms with Gasteiger partial charge in [-0.2, -0.15) is 0 Å². The lowest BCUT2D eigenvalue weighted by Crippen LogP contribution is -2.62. The van der Waals surface area contributed by atoms with Crippen LogP contribution in [0.3, 0.4) is 0 Å². The summed E-state index contributed by atoms with van der Waals surface area (Å²) in [6, 6.07) is 3.96. The molecule has 4 fully saturated rings. The first-order valence-electron chi connectivity index (χ1n) is 9.38. The molecule has 4 nitrogen and oxygen atoms in total. The zero-order valence-electron chi connectivity index (χ0n) is 15.5. The third kappa shape index (κ3) is 2.74. The molecule has 1 amide bonds. The number of likely N-dealkylation sites (tertiary alicyclic amines) is 1. The first kappa shape index (κ1) is 17.9. The average Bonchev–Trinajstić information content (AvgIpc) is 3.04. The van der Waals surface area contributed by atoms with Crippen molar-refractivity contribution in [2.24, 2.45) is 5.92 Å². The van der Waals surface area contributed by atoms with Crippen LogP contribution < -0.4 is 0 Å². The van der Waals surface area contributed by atoms with Crippen molar-refractivity contribution in [3.8, 4) is 0 Å². The van der Waals surface area contributed by atoms with Gasteiger partial charge in [-0.1, -0.05) is 0 Å². The number of amides is 1. The molecule has 4 saturated heterocycles. The molecule has 0 spiro atoms. The zero-order chi connectivity index (χ0) is 18.6. The number of piperidine rings is 3. The number of methoxy groups -OCH3 is 1. The number of carbonyl (C=O) groups excluding carboxylic acids is 1. The van der Waals surface area contributed by atoms with E-state index in [1.807, 2.05) is 4.90 Å². The summed E-state index contributed by atoms with van der Waals surface area (Å²) < 4.78 is 33.1. The van der Waals surface area contributed by atoms with Gasteiger partial charge in [-0.3, -0.25) is 9.69 Å². The molecule has 4 heterocycles. The summed E-state index contributed by atoms with van der Waals surface area (Å²) in [5.74, 6) is -0.790.